The van der Waals surface area contributed by atoms with Crippen LogP contribution in [0, 0.1) is 12.1 Å². The zero-order valence-electron chi connectivity index (χ0n) is 12.5. The highest BCUT2D eigenvalue weighted by Crippen LogP contribution is 2.29. The van der Waals surface area contributed by atoms with Crippen molar-refractivity contribution in [3.63, 3.8) is 0 Å². The van der Waals surface area contributed by atoms with Crippen molar-refractivity contribution in [2.75, 3.05) is 6.54 Å². The minimum absolute atomic E-state index is 0.169. The maximum atomic E-state index is 11.9. The third kappa shape index (κ3) is 3.94. The second-order valence-corrected chi connectivity index (χ2v) is 7.20. The molecule has 0 fully saturated rings. The lowest BCUT2D eigenvalue weighted by Gasteiger charge is -2.04. The van der Waals surface area contributed by atoms with Crippen molar-refractivity contribution in [3.8, 4) is 10.6 Å². The lowest BCUT2D eigenvalue weighted by Crippen LogP contribution is -2.28. The first-order chi connectivity index (χ1) is 11.1. The minimum Gasteiger partial charge on any atom is -0.619 e. The quantitative estimate of drug-likeness (QED) is 0.571. The fourth-order valence-electron chi connectivity index (χ4n) is 2.09. The van der Waals surface area contributed by atoms with Crippen LogP contribution in [0.4, 0.5) is 0 Å². The summed E-state index contributed by atoms with van der Waals surface area (Å²) in [7, 11) is 0. The Kier molecular flexibility index (Phi) is 4.68. The monoisotopic (exact) mass is 345 g/mol. The van der Waals surface area contributed by atoms with Gasteiger partial charge in [0.2, 0.25) is 0 Å². The van der Waals surface area contributed by atoms with Crippen LogP contribution in [0.3, 0.4) is 0 Å². The molecule has 0 aliphatic rings. The fourth-order valence-corrected chi connectivity index (χ4v) is 3.75. The lowest BCUT2D eigenvalue weighted by molar-refractivity contribution is -0.605. The van der Waals surface area contributed by atoms with E-state index in [2.05, 4.69) is 27.8 Å². The Morgan fingerprint density at radius 3 is 2.78 bits per heavy atom. The number of hydrogen-bond acceptors (Lipinski definition) is 5. The van der Waals surface area contributed by atoms with E-state index in [0.717, 1.165) is 22.0 Å². The van der Waals surface area contributed by atoms with Crippen molar-refractivity contribution in [1.82, 2.24) is 10.3 Å². The van der Waals surface area contributed by atoms with Crippen LogP contribution in [0.25, 0.3) is 10.6 Å². The first kappa shape index (κ1) is 15.6. The van der Waals surface area contributed by atoms with Crippen LogP contribution in [0.5, 0.6) is 0 Å². The number of nitrogens with one attached hydrogen (secondary N) is 1. The third-order valence-electron chi connectivity index (χ3n) is 3.25. The van der Waals surface area contributed by atoms with Crippen LogP contribution in [-0.2, 0) is 6.42 Å². The summed E-state index contributed by atoms with van der Waals surface area (Å²) in [4.78, 5) is 18.8. The normalized spacial score (nSPS) is 10.7. The predicted octanol–water partition coefficient (Wildman–Crippen LogP) is 2.79. The van der Waals surface area contributed by atoms with Crippen LogP contribution in [0.2, 0.25) is 0 Å². The molecule has 0 saturated heterocycles. The van der Waals surface area contributed by atoms with Crippen molar-refractivity contribution in [3.05, 3.63) is 62.7 Å². The maximum Gasteiger partial charge on any atom is 0.251 e. The Morgan fingerprint density at radius 1 is 1.30 bits per heavy atom. The molecule has 0 bridgehead atoms. The standard InChI is InChI=1S/C16H15N3O2S2/c1-11-18-14(10-22-11)15-3-2-13(23-15)4-7-17-16(20)12-5-8-19(21)9-6-12/h2-3,5-6,8-10H,4,7H2,1H3,(H,17,20). The van der Waals surface area contributed by atoms with E-state index in [4.69, 9.17) is 0 Å². The number of carbonyl (C=O) groups is 1. The van der Waals surface area contributed by atoms with E-state index < -0.39 is 0 Å². The number of thiophene rings is 1. The second-order valence-electron chi connectivity index (χ2n) is 4.97. The van der Waals surface area contributed by atoms with Crippen LogP contribution in [0.15, 0.2) is 42.0 Å². The van der Waals surface area contributed by atoms with Crippen LogP contribution in [-0.4, -0.2) is 17.4 Å². The third-order valence-corrected chi connectivity index (χ3v) is 5.20. The van der Waals surface area contributed by atoms with Crippen LogP contribution in [0.1, 0.15) is 20.2 Å². The number of nitrogens with zero attached hydrogens (tertiary/aromatic N) is 2. The van der Waals surface area contributed by atoms with Crippen molar-refractivity contribution in [1.29, 1.82) is 0 Å². The fraction of sp³-hybridized carbons (Fsp3) is 0.188. The van der Waals surface area contributed by atoms with Gasteiger partial charge in [0.05, 0.1) is 21.1 Å². The summed E-state index contributed by atoms with van der Waals surface area (Å²) < 4.78 is 0.657. The highest BCUT2D eigenvalue weighted by atomic mass is 32.1. The number of aromatic nitrogens is 2. The zero-order valence-corrected chi connectivity index (χ0v) is 14.1. The van der Waals surface area contributed by atoms with Gasteiger partial charge in [-0.05, 0) is 25.5 Å². The molecule has 3 aromatic rings. The molecule has 0 unspecified atom stereocenters. The largest absolute Gasteiger partial charge is 0.619 e. The van der Waals surface area contributed by atoms with Gasteiger partial charge in [-0.2, -0.15) is 4.73 Å². The van der Waals surface area contributed by atoms with E-state index in [1.54, 1.807) is 22.7 Å². The van der Waals surface area contributed by atoms with Gasteiger partial charge >= 0.3 is 0 Å². The molecule has 0 aliphatic carbocycles. The maximum absolute atomic E-state index is 11.9. The van der Waals surface area contributed by atoms with E-state index in [1.165, 1.54) is 29.4 Å². The van der Waals surface area contributed by atoms with E-state index in [9.17, 15) is 10.0 Å². The molecular weight excluding hydrogens is 330 g/mol. The van der Waals surface area contributed by atoms with E-state index >= 15 is 0 Å². The van der Waals surface area contributed by atoms with Gasteiger partial charge in [0.25, 0.3) is 5.91 Å². The summed E-state index contributed by atoms with van der Waals surface area (Å²) in [5, 5.41) is 16.9. The van der Waals surface area contributed by atoms with E-state index in [0.29, 0.717) is 16.8 Å². The molecule has 3 heterocycles. The van der Waals surface area contributed by atoms with Gasteiger partial charge in [-0.15, -0.1) is 22.7 Å². The summed E-state index contributed by atoms with van der Waals surface area (Å²) in [5.74, 6) is -0.169. The van der Waals surface area contributed by atoms with Crippen LogP contribution >= 0.6 is 22.7 Å². The first-order valence-electron chi connectivity index (χ1n) is 7.10. The predicted molar refractivity (Wildman–Crippen MR) is 91.6 cm³/mol. The molecule has 5 nitrogen and oxygen atoms in total. The molecule has 0 spiro atoms. The van der Waals surface area contributed by atoms with Gasteiger partial charge in [-0.1, -0.05) is 0 Å². The smallest absolute Gasteiger partial charge is 0.251 e. The average Bonchev–Trinajstić information content (AvgIpc) is 3.17. The Labute approximate surface area is 141 Å². The number of hydrogen-bond donors (Lipinski definition) is 1. The SMILES string of the molecule is Cc1nc(-c2ccc(CCNC(=O)c3cc[n+]([O-])cc3)s2)cs1. The molecule has 118 valence electrons. The second kappa shape index (κ2) is 6.89. The van der Waals surface area contributed by atoms with Gasteiger partial charge in [0.15, 0.2) is 12.4 Å². The van der Waals surface area contributed by atoms with Gasteiger partial charge in [0.1, 0.15) is 0 Å². The van der Waals surface area contributed by atoms with Gasteiger partial charge < -0.3 is 10.5 Å². The number of pyridine rings is 1. The average molecular weight is 345 g/mol. The minimum atomic E-state index is -0.169. The zero-order chi connectivity index (χ0) is 16.2. The number of aryl methyl sites for hydroxylation is 1. The summed E-state index contributed by atoms with van der Waals surface area (Å²) in [5.41, 5.74) is 1.50. The molecule has 0 aliphatic heterocycles. The van der Waals surface area contributed by atoms with Gasteiger partial charge in [-0.25, -0.2) is 4.98 Å². The summed E-state index contributed by atoms with van der Waals surface area (Å²) in [6.07, 6.45) is 3.40. The number of amides is 1. The van der Waals surface area contributed by atoms with Crippen molar-refractivity contribution in [2.24, 2.45) is 0 Å². The lowest BCUT2D eigenvalue weighted by atomic mass is 10.2. The molecule has 23 heavy (non-hydrogen) atoms. The highest BCUT2D eigenvalue weighted by molar-refractivity contribution is 7.16. The highest BCUT2D eigenvalue weighted by Gasteiger charge is 2.08. The molecule has 0 saturated carbocycles. The molecule has 0 atom stereocenters. The molecule has 3 rings (SSSR count). The molecule has 1 amide bonds. The van der Waals surface area contributed by atoms with Crippen molar-refractivity contribution < 1.29 is 9.52 Å². The summed E-state index contributed by atoms with van der Waals surface area (Å²) in [6, 6.07) is 7.16. The van der Waals surface area contributed by atoms with Gasteiger partial charge in [-0.3, -0.25) is 4.79 Å². The summed E-state index contributed by atoms with van der Waals surface area (Å²) >= 11 is 3.34. The molecule has 0 radical (unpaired) electrons. The summed E-state index contributed by atoms with van der Waals surface area (Å²) in [6.45, 7) is 2.55. The topological polar surface area (TPSA) is 68.9 Å². The molecule has 0 aromatic carbocycles. The number of carbonyl (C=O) groups excluding carboxylic acids is 1. The Bertz CT molecular complexity index is 809. The number of thiazole rings is 1. The van der Waals surface area contributed by atoms with E-state index in [-0.39, 0.29) is 5.91 Å². The van der Waals surface area contributed by atoms with Gasteiger partial charge in [0, 0.05) is 28.9 Å². The Morgan fingerprint density at radius 2 is 2.09 bits per heavy atom. The van der Waals surface area contributed by atoms with E-state index in [1.807, 2.05) is 6.92 Å². The Hall–Kier alpha value is -2.25. The first-order valence-corrected chi connectivity index (χ1v) is 8.80. The van der Waals surface area contributed by atoms with Crippen molar-refractivity contribution in [2.45, 2.75) is 13.3 Å². The van der Waals surface area contributed by atoms with Crippen LogP contribution < -0.4 is 10.0 Å². The molecule has 7 heteroatoms. The Balaban J connectivity index is 1.54. The number of rotatable bonds is 5. The molecule has 1 N–H and O–H groups in total. The molecular formula is C16H15N3O2S2. The van der Waals surface area contributed by atoms with Crippen molar-refractivity contribution >= 4 is 28.6 Å². The molecule has 3 aromatic heterocycles.